The maximum absolute atomic E-state index is 12.7. The Bertz CT molecular complexity index is 818. The summed E-state index contributed by atoms with van der Waals surface area (Å²) in [4.78, 5) is 19.0. The number of hydrogen-bond donors (Lipinski definition) is 2. The number of quaternary nitrogens is 1. The Balaban J connectivity index is 1.36. The van der Waals surface area contributed by atoms with Gasteiger partial charge in [0.05, 0.1) is 9.75 Å². The van der Waals surface area contributed by atoms with E-state index in [1.807, 2.05) is 12.1 Å². The molecule has 1 amide bonds. The van der Waals surface area contributed by atoms with E-state index in [-0.39, 0.29) is 5.91 Å². The van der Waals surface area contributed by atoms with Gasteiger partial charge < -0.3 is 15.1 Å². The third-order valence-electron chi connectivity index (χ3n) is 5.04. The van der Waals surface area contributed by atoms with E-state index in [0.29, 0.717) is 6.54 Å². The lowest BCUT2D eigenvalue weighted by molar-refractivity contribution is -0.918. The summed E-state index contributed by atoms with van der Waals surface area (Å²) in [5.74, 6) is 0.0667. The van der Waals surface area contributed by atoms with Crippen LogP contribution in [-0.2, 0) is 17.9 Å². The first-order chi connectivity index (χ1) is 13.8. The molecule has 1 aliphatic heterocycles. The topological polar surface area (TPSA) is 36.8 Å². The van der Waals surface area contributed by atoms with Crippen molar-refractivity contribution in [2.75, 3.05) is 29.9 Å². The lowest BCUT2D eigenvalue weighted by atomic mass is 10.2. The van der Waals surface area contributed by atoms with E-state index in [0.717, 1.165) is 31.9 Å². The van der Waals surface area contributed by atoms with Crippen LogP contribution in [0.25, 0.3) is 0 Å². The van der Waals surface area contributed by atoms with Gasteiger partial charge in [0, 0.05) is 24.5 Å². The maximum Gasteiger partial charge on any atom is 0.279 e. The number of carbonyl (C=O) groups is 1. The zero-order chi connectivity index (χ0) is 19.2. The zero-order valence-electron chi connectivity index (χ0n) is 15.9. The minimum absolute atomic E-state index is 0.0667. The molecule has 0 bridgehead atoms. The highest BCUT2D eigenvalue weighted by Crippen LogP contribution is 2.22. The summed E-state index contributed by atoms with van der Waals surface area (Å²) in [6, 6.07) is 16.7. The summed E-state index contributed by atoms with van der Waals surface area (Å²) >= 11 is 3.51. The van der Waals surface area contributed by atoms with Gasteiger partial charge in [0.2, 0.25) is 0 Å². The number of rotatable bonds is 8. The number of benzene rings is 1. The fourth-order valence-corrected chi connectivity index (χ4v) is 5.22. The molecule has 1 saturated heterocycles. The smallest absolute Gasteiger partial charge is 0.279 e. The molecule has 0 spiro atoms. The van der Waals surface area contributed by atoms with Crippen LogP contribution in [0.15, 0.2) is 59.3 Å². The van der Waals surface area contributed by atoms with Crippen molar-refractivity contribution in [1.29, 1.82) is 0 Å². The standard InChI is InChI=1S/C22H25N3OS2/c26-22(23-18-7-9-19(10-8-18)25-11-1-2-12-25)17-24(15-20-5-3-13-27-20)16-21-6-4-14-28-21/h3-10,13-14H,1-2,11-12,15-17H2,(H,23,26)/p+1. The molecule has 0 radical (unpaired) electrons. The van der Waals surface area contributed by atoms with E-state index in [1.165, 1.54) is 33.2 Å². The Morgan fingerprint density at radius 2 is 1.54 bits per heavy atom. The van der Waals surface area contributed by atoms with Crippen LogP contribution in [0, 0.1) is 0 Å². The Kier molecular flexibility index (Phi) is 6.41. The summed E-state index contributed by atoms with van der Waals surface area (Å²) < 4.78 is 0. The predicted octanol–water partition coefficient (Wildman–Crippen LogP) is 3.63. The molecule has 2 N–H and O–H groups in total. The van der Waals surface area contributed by atoms with Gasteiger partial charge in [-0.3, -0.25) is 4.79 Å². The molecular formula is C22H26N3OS2+. The van der Waals surface area contributed by atoms with Gasteiger partial charge in [-0.2, -0.15) is 0 Å². The van der Waals surface area contributed by atoms with Gasteiger partial charge in [0.15, 0.2) is 6.54 Å². The largest absolute Gasteiger partial charge is 0.372 e. The Morgan fingerprint density at radius 1 is 0.929 bits per heavy atom. The van der Waals surface area contributed by atoms with Crippen LogP contribution in [0.1, 0.15) is 22.6 Å². The molecule has 1 aliphatic rings. The first-order valence-electron chi connectivity index (χ1n) is 9.79. The lowest BCUT2D eigenvalue weighted by Crippen LogP contribution is -3.10. The van der Waals surface area contributed by atoms with E-state index in [1.54, 1.807) is 22.7 Å². The second-order valence-corrected chi connectivity index (χ2v) is 9.29. The number of carbonyl (C=O) groups excluding carboxylic acids is 1. The minimum Gasteiger partial charge on any atom is -0.372 e. The van der Waals surface area contributed by atoms with E-state index in [2.05, 4.69) is 57.4 Å². The monoisotopic (exact) mass is 412 g/mol. The van der Waals surface area contributed by atoms with Crippen molar-refractivity contribution in [3.8, 4) is 0 Å². The van der Waals surface area contributed by atoms with Crippen LogP contribution in [0.5, 0.6) is 0 Å². The molecule has 3 heterocycles. The first kappa shape index (κ1) is 19.2. The average Bonchev–Trinajstić information content (AvgIpc) is 3.46. The fraction of sp³-hybridized carbons (Fsp3) is 0.318. The number of thiophene rings is 2. The predicted molar refractivity (Wildman–Crippen MR) is 118 cm³/mol. The highest BCUT2D eigenvalue weighted by atomic mass is 32.1. The summed E-state index contributed by atoms with van der Waals surface area (Å²) in [5, 5.41) is 7.27. The van der Waals surface area contributed by atoms with E-state index in [4.69, 9.17) is 0 Å². The number of hydrogen-bond acceptors (Lipinski definition) is 4. The molecular weight excluding hydrogens is 386 g/mol. The molecule has 1 aromatic carbocycles. The second kappa shape index (κ2) is 9.37. The van der Waals surface area contributed by atoms with Crippen LogP contribution >= 0.6 is 22.7 Å². The first-order valence-corrected chi connectivity index (χ1v) is 11.6. The van der Waals surface area contributed by atoms with Gasteiger partial charge in [-0.05, 0) is 60.0 Å². The van der Waals surface area contributed by atoms with Crippen molar-refractivity contribution >= 4 is 40.0 Å². The summed E-state index contributed by atoms with van der Waals surface area (Å²) in [6.45, 7) is 4.47. The highest BCUT2D eigenvalue weighted by molar-refractivity contribution is 7.10. The highest BCUT2D eigenvalue weighted by Gasteiger charge is 2.17. The number of amides is 1. The molecule has 2 aromatic heterocycles. The van der Waals surface area contributed by atoms with Crippen LogP contribution in [-0.4, -0.2) is 25.5 Å². The van der Waals surface area contributed by atoms with Crippen LogP contribution in [0.3, 0.4) is 0 Å². The van der Waals surface area contributed by atoms with E-state index >= 15 is 0 Å². The molecule has 0 atom stereocenters. The maximum atomic E-state index is 12.7. The van der Waals surface area contributed by atoms with Crippen LogP contribution in [0.2, 0.25) is 0 Å². The molecule has 0 saturated carbocycles. The van der Waals surface area contributed by atoms with Gasteiger partial charge >= 0.3 is 0 Å². The van der Waals surface area contributed by atoms with E-state index in [9.17, 15) is 4.79 Å². The quantitative estimate of drug-likeness (QED) is 0.593. The molecule has 146 valence electrons. The molecule has 4 nitrogen and oxygen atoms in total. The zero-order valence-corrected chi connectivity index (χ0v) is 17.5. The van der Waals surface area contributed by atoms with Crippen molar-refractivity contribution in [2.45, 2.75) is 25.9 Å². The Morgan fingerprint density at radius 3 is 2.07 bits per heavy atom. The molecule has 4 rings (SSSR count). The van der Waals surface area contributed by atoms with Crippen molar-refractivity contribution < 1.29 is 9.69 Å². The molecule has 1 fully saturated rings. The van der Waals surface area contributed by atoms with Gasteiger partial charge in [-0.15, -0.1) is 22.7 Å². The molecule has 0 aliphatic carbocycles. The molecule has 0 unspecified atom stereocenters. The normalized spacial score (nSPS) is 14.0. The number of anilines is 2. The number of nitrogens with zero attached hydrogens (tertiary/aromatic N) is 1. The average molecular weight is 413 g/mol. The van der Waals surface area contributed by atoms with Gasteiger partial charge in [-0.25, -0.2) is 0 Å². The molecule has 3 aromatic rings. The molecule has 28 heavy (non-hydrogen) atoms. The fourth-order valence-electron chi connectivity index (χ4n) is 3.67. The van der Waals surface area contributed by atoms with Crippen molar-refractivity contribution in [2.24, 2.45) is 0 Å². The summed E-state index contributed by atoms with van der Waals surface area (Å²) in [5.41, 5.74) is 2.12. The van der Waals surface area contributed by atoms with Crippen molar-refractivity contribution in [3.63, 3.8) is 0 Å². The van der Waals surface area contributed by atoms with Crippen molar-refractivity contribution in [3.05, 3.63) is 69.0 Å². The second-order valence-electron chi connectivity index (χ2n) is 7.23. The summed E-state index contributed by atoms with van der Waals surface area (Å²) in [6.07, 6.45) is 2.54. The minimum atomic E-state index is 0.0667. The van der Waals surface area contributed by atoms with Crippen LogP contribution in [0.4, 0.5) is 11.4 Å². The number of nitrogens with one attached hydrogen (secondary N) is 2. The molecule has 6 heteroatoms. The SMILES string of the molecule is O=C(C[NH+](Cc1cccs1)Cc1cccs1)Nc1ccc(N2CCCC2)cc1. The van der Waals surface area contributed by atoms with Gasteiger partial charge in [0.25, 0.3) is 5.91 Å². The van der Waals surface area contributed by atoms with Gasteiger partial charge in [0.1, 0.15) is 13.1 Å². The Hall–Kier alpha value is -2.15. The van der Waals surface area contributed by atoms with Gasteiger partial charge in [-0.1, -0.05) is 12.1 Å². The van der Waals surface area contributed by atoms with Crippen LogP contribution < -0.4 is 15.1 Å². The Labute approximate surface area is 174 Å². The lowest BCUT2D eigenvalue weighted by Gasteiger charge is -2.19. The van der Waals surface area contributed by atoms with Crippen molar-refractivity contribution in [1.82, 2.24) is 0 Å². The van der Waals surface area contributed by atoms with E-state index < -0.39 is 0 Å². The summed E-state index contributed by atoms with van der Waals surface area (Å²) in [7, 11) is 0. The third-order valence-corrected chi connectivity index (χ3v) is 6.79. The third kappa shape index (κ3) is 5.22.